The zero-order valence-electron chi connectivity index (χ0n) is 13.3. The van der Waals surface area contributed by atoms with Gasteiger partial charge in [-0.05, 0) is 23.6 Å². The zero-order chi connectivity index (χ0) is 17.3. The summed E-state index contributed by atoms with van der Waals surface area (Å²) >= 11 is 0. The highest BCUT2D eigenvalue weighted by molar-refractivity contribution is 5.77. The molecule has 0 bridgehead atoms. The predicted molar refractivity (Wildman–Crippen MR) is 82.3 cm³/mol. The molecule has 7 heteroatoms. The van der Waals surface area contributed by atoms with E-state index in [1.54, 1.807) is 21.8 Å². The summed E-state index contributed by atoms with van der Waals surface area (Å²) in [5.41, 5.74) is 1.00. The molecule has 2 aromatic rings. The van der Waals surface area contributed by atoms with Gasteiger partial charge in [-0.1, -0.05) is 18.2 Å². The van der Waals surface area contributed by atoms with Crippen LogP contribution in [0, 0.1) is 0 Å². The molecule has 128 valence electrons. The van der Waals surface area contributed by atoms with Crippen molar-refractivity contribution in [3.05, 3.63) is 53.3 Å². The van der Waals surface area contributed by atoms with Crippen LogP contribution >= 0.6 is 0 Å². The van der Waals surface area contributed by atoms with Gasteiger partial charge in [0.05, 0.1) is 11.8 Å². The van der Waals surface area contributed by atoms with Crippen LogP contribution in [0.25, 0.3) is 0 Å². The number of hydrogen-bond donors (Lipinski definition) is 0. The molecule has 1 fully saturated rings. The molecule has 1 saturated heterocycles. The van der Waals surface area contributed by atoms with E-state index in [4.69, 9.17) is 0 Å². The van der Waals surface area contributed by atoms with Gasteiger partial charge >= 0.3 is 6.18 Å². The lowest BCUT2D eigenvalue weighted by Gasteiger charge is -2.40. The van der Waals surface area contributed by atoms with Crippen molar-refractivity contribution in [2.75, 3.05) is 13.1 Å². The Kier molecular flexibility index (Phi) is 4.34. The number of rotatable bonds is 4. The van der Waals surface area contributed by atoms with Gasteiger partial charge in [0.1, 0.15) is 0 Å². The zero-order valence-corrected chi connectivity index (χ0v) is 13.3. The predicted octanol–water partition coefficient (Wildman–Crippen LogP) is 3.00. The summed E-state index contributed by atoms with van der Waals surface area (Å²) in [6, 6.07) is 5.36. The molecular formula is C17H18F3N3O. The maximum atomic E-state index is 12.8. The fraction of sp³-hybridized carbons (Fsp3) is 0.412. The van der Waals surface area contributed by atoms with Crippen molar-refractivity contribution < 1.29 is 18.0 Å². The highest BCUT2D eigenvalue weighted by Gasteiger charge is 2.34. The van der Waals surface area contributed by atoms with Crippen molar-refractivity contribution in [2.24, 2.45) is 7.05 Å². The summed E-state index contributed by atoms with van der Waals surface area (Å²) in [5.74, 6) is 0.0109. The first-order chi connectivity index (χ1) is 11.3. The Morgan fingerprint density at radius 1 is 1.33 bits per heavy atom. The summed E-state index contributed by atoms with van der Waals surface area (Å²) in [6.07, 6.45) is 0.279. The third-order valence-corrected chi connectivity index (χ3v) is 4.31. The number of aromatic nitrogens is 2. The minimum atomic E-state index is -4.33. The van der Waals surface area contributed by atoms with Crippen LogP contribution in [0.4, 0.5) is 13.2 Å². The average Bonchev–Trinajstić information content (AvgIpc) is 2.89. The van der Waals surface area contributed by atoms with Gasteiger partial charge in [-0.2, -0.15) is 18.3 Å². The van der Waals surface area contributed by atoms with Crippen molar-refractivity contribution in [3.63, 3.8) is 0 Å². The van der Waals surface area contributed by atoms with Gasteiger partial charge in [0.15, 0.2) is 0 Å². The number of amides is 1. The Morgan fingerprint density at radius 3 is 2.71 bits per heavy atom. The maximum Gasteiger partial charge on any atom is 0.416 e. The highest BCUT2D eigenvalue weighted by atomic mass is 19.4. The first kappa shape index (κ1) is 16.5. The molecule has 24 heavy (non-hydrogen) atoms. The van der Waals surface area contributed by atoms with Crippen LogP contribution in [-0.4, -0.2) is 33.7 Å². The summed E-state index contributed by atoms with van der Waals surface area (Å²) in [6.45, 7) is 0.959. The van der Waals surface area contributed by atoms with Crippen LogP contribution in [0.5, 0.6) is 0 Å². The SMILES string of the molecule is Cn1cc(CCC(=O)N2CC(c3cccc(C(F)(F)F)c3)C2)cn1. The number of nitrogens with zero attached hydrogens (tertiary/aromatic N) is 3. The lowest BCUT2D eigenvalue weighted by atomic mass is 9.90. The number of halogens is 3. The van der Waals surface area contributed by atoms with Crippen molar-refractivity contribution in [1.82, 2.24) is 14.7 Å². The van der Waals surface area contributed by atoms with Gasteiger partial charge in [-0.25, -0.2) is 0 Å². The Balaban J connectivity index is 1.52. The maximum absolute atomic E-state index is 12.8. The molecule has 1 aliphatic rings. The number of carbonyl (C=O) groups excluding carboxylic acids is 1. The van der Waals surface area contributed by atoms with Crippen LogP contribution in [-0.2, 0) is 24.4 Å². The third kappa shape index (κ3) is 3.60. The van der Waals surface area contributed by atoms with Gasteiger partial charge in [-0.3, -0.25) is 9.48 Å². The van der Waals surface area contributed by atoms with Gasteiger partial charge in [-0.15, -0.1) is 0 Å². The van der Waals surface area contributed by atoms with E-state index >= 15 is 0 Å². The third-order valence-electron chi connectivity index (χ3n) is 4.31. The topological polar surface area (TPSA) is 38.1 Å². The van der Waals surface area contributed by atoms with Crippen molar-refractivity contribution >= 4 is 5.91 Å². The fourth-order valence-electron chi connectivity index (χ4n) is 2.87. The number of benzene rings is 1. The van der Waals surface area contributed by atoms with E-state index in [1.165, 1.54) is 12.1 Å². The lowest BCUT2D eigenvalue weighted by molar-refractivity contribution is -0.138. The van der Waals surface area contributed by atoms with Crippen LogP contribution in [0.3, 0.4) is 0 Å². The monoisotopic (exact) mass is 337 g/mol. The fourth-order valence-corrected chi connectivity index (χ4v) is 2.87. The Hall–Kier alpha value is -2.31. The molecular weight excluding hydrogens is 319 g/mol. The second kappa shape index (κ2) is 6.30. The van der Waals surface area contributed by atoms with Gasteiger partial charge in [0, 0.05) is 38.7 Å². The first-order valence-electron chi connectivity index (χ1n) is 7.75. The molecule has 0 N–H and O–H groups in total. The summed E-state index contributed by atoms with van der Waals surface area (Å²) in [4.78, 5) is 13.8. The largest absolute Gasteiger partial charge is 0.416 e. The molecule has 1 aliphatic heterocycles. The Labute approximate surface area is 137 Å². The van der Waals surface area contributed by atoms with E-state index in [9.17, 15) is 18.0 Å². The number of alkyl halides is 3. The molecule has 0 aliphatic carbocycles. The lowest BCUT2D eigenvalue weighted by Crippen LogP contribution is -2.48. The highest BCUT2D eigenvalue weighted by Crippen LogP contribution is 2.33. The van der Waals surface area contributed by atoms with Gasteiger partial charge < -0.3 is 4.90 Å². The van der Waals surface area contributed by atoms with E-state index in [1.807, 2.05) is 13.2 Å². The van der Waals surface area contributed by atoms with Gasteiger partial charge in [0.2, 0.25) is 5.91 Å². The van der Waals surface area contributed by atoms with Gasteiger partial charge in [0.25, 0.3) is 0 Å². The minimum Gasteiger partial charge on any atom is -0.341 e. The standard InChI is InChI=1S/C17H18F3N3O/c1-22-9-12(8-21-22)5-6-16(24)23-10-14(11-23)13-3-2-4-15(7-13)17(18,19)20/h2-4,7-9,14H,5-6,10-11H2,1H3. The van der Waals surface area contributed by atoms with Crippen molar-refractivity contribution in [1.29, 1.82) is 0 Å². The second-order valence-electron chi connectivity index (χ2n) is 6.14. The normalized spacial score (nSPS) is 15.4. The first-order valence-corrected chi connectivity index (χ1v) is 7.75. The molecule has 3 rings (SSSR count). The smallest absolute Gasteiger partial charge is 0.341 e. The average molecular weight is 337 g/mol. The van der Waals surface area contributed by atoms with E-state index in [-0.39, 0.29) is 11.8 Å². The molecule has 0 unspecified atom stereocenters. The number of aryl methyl sites for hydroxylation is 2. The van der Waals surface area contributed by atoms with Crippen LogP contribution in [0.1, 0.15) is 29.0 Å². The van der Waals surface area contributed by atoms with E-state index < -0.39 is 11.7 Å². The molecule has 4 nitrogen and oxygen atoms in total. The quantitative estimate of drug-likeness (QED) is 0.860. The van der Waals surface area contributed by atoms with Crippen LogP contribution in [0.2, 0.25) is 0 Å². The molecule has 0 spiro atoms. The van der Waals surface area contributed by atoms with E-state index in [0.717, 1.165) is 11.6 Å². The molecule has 1 aromatic heterocycles. The van der Waals surface area contributed by atoms with Crippen LogP contribution < -0.4 is 0 Å². The molecule has 1 amide bonds. The number of likely N-dealkylation sites (tertiary alicyclic amines) is 1. The summed E-state index contributed by atoms with van der Waals surface area (Å²) < 4.78 is 39.9. The summed E-state index contributed by atoms with van der Waals surface area (Å²) in [7, 11) is 1.82. The minimum absolute atomic E-state index is 0.0189. The second-order valence-corrected chi connectivity index (χ2v) is 6.14. The van der Waals surface area contributed by atoms with E-state index in [0.29, 0.717) is 31.5 Å². The molecule has 2 heterocycles. The molecule has 0 atom stereocenters. The number of hydrogen-bond acceptors (Lipinski definition) is 2. The Morgan fingerprint density at radius 2 is 2.08 bits per heavy atom. The van der Waals surface area contributed by atoms with Crippen molar-refractivity contribution in [3.8, 4) is 0 Å². The van der Waals surface area contributed by atoms with Crippen LogP contribution in [0.15, 0.2) is 36.7 Å². The molecule has 0 saturated carbocycles. The number of carbonyl (C=O) groups is 1. The van der Waals surface area contributed by atoms with E-state index in [2.05, 4.69) is 5.10 Å². The Bertz CT molecular complexity index is 733. The molecule has 1 aromatic carbocycles. The van der Waals surface area contributed by atoms with Crippen molar-refractivity contribution in [2.45, 2.75) is 24.9 Å². The molecule has 0 radical (unpaired) electrons. The summed E-state index contributed by atoms with van der Waals surface area (Å²) in [5, 5.41) is 4.05.